The van der Waals surface area contributed by atoms with Crippen LogP contribution in [0.3, 0.4) is 0 Å². The summed E-state index contributed by atoms with van der Waals surface area (Å²) in [6.07, 6.45) is 5.15. The van der Waals surface area contributed by atoms with Crippen LogP contribution in [0.25, 0.3) is 11.1 Å². The third-order valence-corrected chi connectivity index (χ3v) is 6.63. The van der Waals surface area contributed by atoms with E-state index >= 15 is 0 Å². The smallest absolute Gasteiger partial charge is 0.294 e. The third-order valence-electron chi connectivity index (χ3n) is 6.63. The number of anilines is 2. The normalized spacial score (nSPS) is 20.0. The molecular formula is C24H24N6O7. The molecule has 3 aromatic heterocycles. The van der Waals surface area contributed by atoms with Gasteiger partial charge in [0.05, 0.1) is 11.5 Å². The van der Waals surface area contributed by atoms with E-state index in [1.807, 2.05) is 4.90 Å². The van der Waals surface area contributed by atoms with Crippen LogP contribution in [0.4, 0.5) is 17.2 Å². The van der Waals surface area contributed by atoms with E-state index in [1.54, 1.807) is 12.1 Å². The molecule has 5 rings (SSSR count). The highest BCUT2D eigenvalue weighted by molar-refractivity contribution is 6.13. The third kappa shape index (κ3) is 5.11. The maximum absolute atomic E-state index is 13.2. The van der Waals surface area contributed by atoms with E-state index < -0.39 is 10.8 Å². The number of morpholine rings is 1. The summed E-state index contributed by atoms with van der Waals surface area (Å²) >= 11 is 0. The molecule has 192 valence electrons. The molecule has 0 spiro atoms. The van der Waals surface area contributed by atoms with Crippen molar-refractivity contribution in [2.75, 3.05) is 30.4 Å². The molecule has 3 aromatic rings. The lowest BCUT2D eigenvalue weighted by Gasteiger charge is -2.38. The first-order valence-electron chi connectivity index (χ1n) is 11.9. The molecule has 13 heteroatoms. The number of furan rings is 1. The van der Waals surface area contributed by atoms with Crippen molar-refractivity contribution >= 4 is 46.0 Å². The maximum atomic E-state index is 13.2. The number of hydrogen-bond acceptors (Lipinski definition) is 9. The van der Waals surface area contributed by atoms with Gasteiger partial charge < -0.3 is 24.7 Å². The maximum Gasteiger partial charge on any atom is 0.294 e. The van der Waals surface area contributed by atoms with Gasteiger partial charge in [0.1, 0.15) is 29.8 Å². The van der Waals surface area contributed by atoms with Gasteiger partial charge in [-0.05, 0) is 43.9 Å². The Morgan fingerprint density at radius 3 is 2.62 bits per heavy atom. The van der Waals surface area contributed by atoms with Crippen LogP contribution in [0.15, 0.2) is 41.1 Å². The number of carbonyl (C=O) groups excluding carboxylic acids is 3. The zero-order valence-electron chi connectivity index (χ0n) is 19.7. The van der Waals surface area contributed by atoms with Crippen molar-refractivity contribution in [1.82, 2.24) is 14.9 Å². The Morgan fingerprint density at radius 1 is 1.11 bits per heavy atom. The summed E-state index contributed by atoms with van der Waals surface area (Å²) in [4.78, 5) is 58.6. The van der Waals surface area contributed by atoms with Crippen LogP contribution in [0.2, 0.25) is 0 Å². The van der Waals surface area contributed by atoms with Crippen LogP contribution < -0.4 is 10.6 Å². The number of nitrogens with one attached hydrogen (secondary N) is 2. The summed E-state index contributed by atoms with van der Waals surface area (Å²) in [5, 5.41) is 16.2. The number of rotatable bonds is 6. The van der Waals surface area contributed by atoms with E-state index in [4.69, 9.17) is 9.15 Å². The zero-order valence-corrected chi connectivity index (χ0v) is 19.7. The Hall–Kier alpha value is -4.39. The highest BCUT2D eigenvalue weighted by Gasteiger charge is 2.34. The predicted molar refractivity (Wildman–Crippen MR) is 130 cm³/mol. The second kappa shape index (κ2) is 10.3. The lowest BCUT2D eigenvalue weighted by atomic mass is 9.84. The summed E-state index contributed by atoms with van der Waals surface area (Å²) in [6, 6.07) is 5.88. The summed E-state index contributed by atoms with van der Waals surface area (Å²) in [5.74, 6) is -1.35. The number of nitro groups is 1. The standard InChI is InChI=1S/C24H24N6O7/c31-19-13-36-11-10-29(19)15-5-3-14(4-6-15)23(32)28-21-20-17(2-1-9-25-20)37-22(21)24(33)27-18-8-7-16(12-26-18)30(34)35/h1-2,7-9,12,14-15H,3-6,10-11,13H2,(H,28,32)(H,26,27,33). The van der Waals surface area contributed by atoms with E-state index in [2.05, 4.69) is 20.6 Å². The van der Waals surface area contributed by atoms with Crippen molar-refractivity contribution in [2.24, 2.45) is 5.92 Å². The first-order chi connectivity index (χ1) is 17.9. The van der Waals surface area contributed by atoms with Gasteiger partial charge >= 0.3 is 0 Å². The molecule has 37 heavy (non-hydrogen) atoms. The Morgan fingerprint density at radius 2 is 1.92 bits per heavy atom. The molecule has 1 aliphatic carbocycles. The summed E-state index contributed by atoms with van der Waals surface area (Å²) in [7, 11) is 0. The van der Waals surface area contributed by atoms with Gasteiger partial charge in [0.2, 0.25) is 17.6 Å². The van der Waals surface area contributed by atoms with Crippen molar-refractivity contribution in [3.05, 3.63) is 52.5 Å². The topological polar surface area (TPSA) is 170 Å². The summed E-state index contributed by atoms with van der Waals surface area (Å²) < 4.78 is 10.9. The Kier molecular flexibility index (Phi) is 6.77. The molecule has 1 saturated heterocycles. The van der Waals surface area contributed by atoms with Crippen molar-refractivity contribution < 1.29 is 28.5 Å². The minimum Gasteiger partial charge on any atom is -0.447 e. The van der Waals surface area contributed by atoms with Crippen LogP contribution in [-0.2, 0) is 14.3 Å². The molecule has 0 atom stereocenters. The van der Waals surface area contributed by atoms with Crippen molar-refractivity contribution in [3.8, 4) is 0 Å². The number of pyridine rings is 2. The quantitative estimate of drug-likeness (QED) is 0.375. The molecule has 0 unspecified atom stereocenters. The molecule has 4 heterocycles. The van der Waals surface area contributed by atoms with Crippen LogP contribution >= 0.6 is 0 Å². The largest absolute Gasteiger partial charge is 0.447 e. The first kappa shape index (κ1) is 24.3. The SMILES string of the molecule is O=C(Nc1ccc([N+](=O)[O-])cn1)c1oc2cccnc2c1NC(=O)C1CCC(N2CCOCC2=O)CC1. The summed E-state index contributed by atoms with van der Waals surface area (Å²) in [5.41, 5.74) is 0.566. The van der Waals surface area contributed by atoms with E-state index in [0.29, 0.717) is 49.9 Å². The average molecular weight is 508 g/mol. The fraction of sp³-hybridized carbons (Fsp3) is 0.375. The van der Waals surface area contributed by atoms with Gasteiger partial charge in [0.15, 0.2) is 5.58 Å². The fourth-order valence-electron chi connectivity index (χ4n) is 4.74. The summed E-state index contributed by atoms with van der Waals surface area (Å²) in [6.45, 7) is 1.18. The number of nitrogens with zero attached hydrogens (tertiary/aromatic N) is 4. The minimum atomic E-state index is -0.691. The Bertz CT molecular complexity index is 1350. The molecule has 2 N–H and O–H groups in total. The molecule has 0 aromatic carbocycles. The first-order valence-corrected chi connectivity index (χ1v) is 11.9. The fourth-order valence-corrected chi connectivity index (χ4v) is 4.74. The van der Waals surface area contributed by atoms with Crippen molar-refractivity contribution in [3.63, 3.8) is 0 Å². The average Bonchev–Trinajstić information content (AvgIpc) is 3.28. The molecular weight excluding hydrogens is 484 g/mol. The Labute approximate surface area is 210 Å². The van der Waals surface area contributed by atoms with Gasteiger partial charge in [-0.3, -0.25) is 29.5 Å². The second-order valence-corrected chi connectivity index (χ2v) is 8.90. The molecule has 2 aliphatic rings. The number of amides is 3. The van der Waals surface area contributed by atoms with Gasteiger partial charge in [-0.25, -0.2) is 4.98 Å². The zero-order chi connectivity index (χ0) is 25.9. The van der Waals surface area contributed by atoms with Gasteiger partial charge in [0.25, 0.3) is 11.6 Å². The van der Waals surface area contributed by atoms with E-state index in [0.717, 1.165) is 6.20 Å². The van der Waals surface area contributed by atoms with Crippen LogP contribution in [-0.4, -0.2) is 63.3 Å². The van der Waals surface area contributed by atoms with Gasteiger partial charge in [-0.1, -0.05) is 0 Å². The number of fused-ring (bicyclic) bond motifs is 1. The van der Waals surface area contributed by atoms with Crippen molar-refractivity contribution in [1.29, 1.82) is 0 Å². The molecule has 1 saturated carbocycles. The molecule has 1 aliphatic heterocycles. The molecule has 3 amide bonds. The lowest BCUT2D eigenvalue weighted by Crippen LogP contribution is -2.49. The lowest BCUT2D eigenvalue weighted by molar-refractivity contribution is -0.385. The van der Waals surface area contributed by atoms with Gasteiger partial charge in [-0.15, -0.1) is 0 Å². The minimum absolute atomic E-state index is 0.0201. The van der Waals surface area contributed by atoms with E-state index in [-0.39, 0.29) is 53.3 Å². The molecule has 0 bridgehead atoms. The highest BCUT2D eigenvalue weighted by atomic mass is 16.6. The number of ether oxygens (including phenoxy) is 1. The monoisotopic (exact) mass is 508 g/mol. The van der Waals surface area contributed by atoms with Gasteiger partial charge in [-0.2, -0.15) is 0 Å². The number of aromatic nitrogens is 2. The Balaban J connectivity index is 1.30. The predicted octanol–water partition coefficient (Wildman–Crippen LogP) is 2.74. The van der Waals surface area contributed by atoms with Gasteiger partial charge in [0, 0.05) is 30.8 Å². The molecule has 13 nitrogen and oxygen atoms in total. The van der Waals surface area contributed by atoms with E-state index in [1.165, 1.54) is 18.3 Å². The van der Waals surface area contributed by atoms with E-state index in [9.17, 15) is 24.5 Å². The number of hydrogen-bond donors (Lipinski definition) is 2. The van der Waals surface area contributed by atoms with Crippen molar-refractivity contribution in [2.45, 2.75) is 31.7 Å². The van der Waals surface area contributed by atoms with Crippen LogP contribution in [0, 0.1) is 16.0 Å². The van der Waals surface area contributed by atoms with Crippen LogP contribution in [0.5, 0.6) is 0 Å². The second-order valence-electron chi connectivity index (χ2n) is 8.90. The highest BCUT2D eigenvalue weighted by Crippen LogP contribution is 2.33. The van der Waals surface area contributed by atoms with Crippen LogP contribution in [0.1, 0.15) is 36.2 Å². The number of carbonyl (C=O) groups is 3. The molecule has 2 fully saturated rings. The molecule has 0 radical (unpaired) electrons.